The number of ether oxygens (including phenoxy) is 2. The molecule has 1 aliphatic heterocycles. The fourth-order valence-electron chi connectivity index (χ4n) is 4.05. The quantitative estimate of drug-likeness (QED) is 0.224. The number of nitrogens with one attached hydrogen (secondary N) is 1. The molecule has 0 aromatic heterocycles. The number of amides is 2. The Labute approximate surface area is 239 Å². The summed E-state index contributed by atoms with van der Waals surface area (Å²) in [6, 6.07) is 15.1. The largest absolute Gasteiger partial charge is 0.490 e. The van der Waals surface area contributed by atoms with Crippen LogP contribution < -0.4 is 19.7 Å². The smallest absolute Gasteiger partial charge is 0.416 e. The summed E-state index contributed by atoms with van der Waals surface area (Å²) in [5.41, 5.74) is 2.48. The van der Waals surface area contributed by atoms with Gasteiger partial charge in [0, 0.05) is 5.69 Å². The Bertz CT molecular complexity index is 1480. The van der Waals surface area contributed by atoms with Gasteiger partial charge in [-0.05, 0) is 86.0 Å². The van der Waals surface area contributed by atoms with Crippen LogP contribution >= 0.6 is 24.0 Å². The van der Waals surface area contributed by atoms with Crippen molar-refractivity contribution in [2.45, 2.75) is 26.9 Å². The second-order valence-corrected chi connectivity index (χ2v) is 10.6. The molecule has 0 aliphatic carbocycles. The average Bonchev–Trinajstić information content (AvgIpc) is 3.15. The Morgan fingerprint density at radius 2 is 1.75 bits per heavy atom. The molecule has 1 aliphatic rings. The van der Waals surface area contributed by atoms with Gasteiger partial charge in [0.25, 0.3) is 11.8 Å². The molecule has 0 atom stereocenters. The molecule has 11 heteroatoms. The minimum absolute atomic E-state index is 0.0404. The van der Waals surface area contributed by atoms with Crippen LogP contribution in [0, 0.1) is 13.8 Å². The van der Waals surface area contributed by atoms with Crippen molar-refractivity contribution in [1.82, 2.24) is 0 Å². The number of aryl methyl sites for hydroxylation is 2. The Kier molecular flexibility index (Phi) is 8.85. The molecule has 0 unspecified atom stereocenters. The summed E-state index contributed by atoms with van der Waals surface area (Å²) in [5.74, 6) is -0.166. The average molecular weight is 587 g/mol. The molecule has 4 rings (SSSR count). The van der Waals surface area contributed by atoms with Crippen LogP contribution in [0.2, 0.25) is 0 Å². The molecule has 1 saturated heterocycles. The van der Waals surface area contributed by atoms with Gasteiger partial charge in [-0.2, -0.15) is 13.2 Å². The van der Waals surface area contributed by atoms with E-state index in [1.165, 1.54) is 12.1 Å². The van der Waals surface area contributed by atoms with Gasteiger partial charge in [0.2, 0.25) is 0 Å². The van der Waals surface area contributed by atoms with Gasteiger partial charge in [-0.3, -0.25) is 14.5 Å². The number of hydrogen-bond acceptors (Lipinski definition) is 6. The van der Waals surface area contributed by atoms with Crippen LogP contribution in [0.5, 0.6) is 11.5 Å². The standard InChI is InChI=1S/C29H25F3N2O4S2/c1-4-37-24-13-19(8-9-23(24)38-16-26(35)33-21-11-17(2)10-18(3)12-21)14-25-27(36)34(28(39)40-25)22-7-5-6-20(15-22)29(30,31)32/h5-15H,4,16H2,1-3H3,(H,33,35)/b25-14-. The summed E-state index contributed by atoms with van der Waals surface area (Å²) in [7, 11) is 0. The van der Waals surface area contributed by atoms with Gasteiger partial charge in [0.05, 0.1) is 22.8 Å². The first-order valence-electron chi connectivity index (χ1n) is 12.2. The maximum Gasteiger partial charge on any atom is 0.416 e. The van der Waals surface area contributed by atoms with Crippen molar-refractivity contribution in [3.63, 3.8) is 0 Å². The number of rotatable bonds is 8. The minimum atomic E-state index is -4.55. The van der Waals surface area contributed by atoms with E-state index in [2.05, 4.69) is 5.32 Å². The Hall–Kier alpha value is -3.83. The highest BCUT2D eigenvalue weighted by molar-refractivity contribution is 8.27. The molecule has 1 N–H and O–H groups in total. The van der Waals surface area contributed by atoms with Gasteiger partial charge in [-0.1, -0.05) is 42.2 Å². The van der Waals surface area contributed by atoms with Crippen LogP contribution in [-0.2, 0) is 15.8 Å². The van der Waals surface area contributed by atoms with Crippen LogP contribution in [0.3, 0.4) is 0 Å². The van der Waals surface area contributed by atoms with E-state index in [9.17, 15) is 22.8 Å². The first-order chi connectivity index (χ1) is 18.9. The molecule has 3 aromatic rings. The highest BCUT2D eigenvalue weighted by Gasteiger charge is 2.36. The van der Waals surface area contributed by atoms with Crippen LogP contribution in [0.15, 0.2) is 65.6 Å². The number of nitrogens with zero attached hydrogens (tertiary/aromatic N) is 1. The predicted octanol–water partition coefficient (Wildman–Crippen LogP) is 7.14. The van der Waals surface area contributed by atoms with E-state index in [1.54, 1.807) is 31.2 Å². The van der Waals surface area contributed by atoms with Crippen LogP contribution in [0.25, 0.3) is 6.08 Å². The summed E-state index contributed by atoms with van der Waals surface area (Å²) < 4.78 is 51.0. The van der Waals surface area contributed by atoms with Crippen molar-refractivity contribution in [2.24, 2.45) is 0 Å². The Morgan fingerprint density at radius 3 is 2.42 bits per heavy atom. The normalized spacial score (nSPS) is 14.6. The molecule has 0 radical (unpaired) electrons. The third-order valence-electron chi connectivity index (χ3n) is 5.65. The predicted molar refractivity (Wildman–Crippen MR) is 155 cm³/mol. The molecule has 2 amide bonds. The molecule has 0 saturated carbocycles. The van der Waals surface area contributed by atoms with Crippen molar-refractivity contribution < 1.29 is 32.2 Å². The minimum Gasteiger partial charge on any atom is -0.490 e. The number of anilines is 2. The SMILES string of the molecule is CCOc1cc(/C=C2\SC(=S)N(c3cccc(C(F)(F)F)c3)C2=O)ccc1OCC(=O)Nc1cc(C)cc(C)c1. The molecule has 0 bridgehead atoms. The van der Waals surface area contributed by atoms with E-state index >= 15 is 0 Å². The zero-order chi connectivity index (χ0) is 29.0. The van der Waals surface area contributed by atoms with Crippen LogP contribution in [0.1, 0.15) is 29.2 Å². The molecule has 0 spiro atoms. The van der Waals surface area contributed by atoms with Crippen molar-refractivity contribution in [3.05, 3.63) is 87.8 Å². The number of alkyl halides is 3. The van der Waals surface area contributed by atoms with Gasteiger partial charge >= 0.3 is 6.18 Å². The van der Waals surface area contributed by atoms with Gasteiger partial charge in [-0.15, -0.1) is 0 Å². The zero-order valence-electron chi connectivity index (χ0n) is 21.8. The van der Waals surface area contributed by atoms with E-state index < -0.39 is 17.6 Å². The molecule has 6 nitrogen and oxygen atoms in total. The first kappa shape index (κ1) is 29.2. The lowest BCUT2D eigenvalue weighted by Crippen LogP contribution is -2.27. The molecular formula is C29H25F3N2O4S2. The number of hydrogen-bond donors (Lipinski definition) is 1. The molecule has 3 aromatic carbocycles. The zero-order valence-corrected chi connectivity index (χ0v) is 23.4. The lowest BCUT2D eigenvalue weighted by atomic mass is 10.1. The van der Waals surface area contributed by atoms with Crippen LogP contribution in [0.4, 0.5) is 24.5 Å². The monoisotopic (exact) mass is 586 g/mol. The van der Waals surface area contributed by atoms with Crippen molar-refractivity contribution in [3.8, 4) is 11.5 Å². The van der Waals surface area contributed by atoms with Crippen LogP contribution in [-0.4, -0.2) is 29.3 Å². The number of benzene rings is 3. The molecule has 1 fully saturated rings. The van der Waals surface area contributed by atoms with E-state index in [1.807, 2.05) is 32.0 Å². The van der Waals surface area contributed by atoms with Gasteiger partial charge in [0.1, 0.15) is 0 Å². The van der Waals surface area contributed by atoms with E-state index in [-0.39, 0.29) is 27.4 Å². The van der Waals surface area contributed by atoms with Crippen molar-refractivity contribution >= 4 is 57.6 Å². The van der Waals surface area contributed by atoms with E-state index in [0.717, 1.165) is 39.9 Å². The Morgan fingerprint density at radius 1 is 1.02 bits per heavy atom. The maximum atomic E-state index is 13.2. The van der Waals surface area contributed by atoms with Gasteiger partial charge in [0.15, 0.2) is 22.4 Å². The Balaban J connectivity index is 1.49. The number of halogens is 3. The molecule has 1 heterocycles. The summed E-state index contributed by atoms with van der Waals surface area (Å²) >= 11 is 6.29. The molecule has 208 valence electrons. The summed E-state index contributed by atoms with van der Waals surface area (Å²) in [6.45, 7) is 5.76. The van der Waals surface area contributed by atoms with Crippen molar-refractivity contribution in [2.75, 3.05) is 23.4 Å². The van der Waals surface area contributed by atoms with Crippen molar-refractivity contribution in [1.29, 1.82) is 0 Å². The highest BCUT2D eigenvalue weighted by Crippen LogP contribution is 2.39. The van der Waals surface area contributed by atoms with E-state index in [4.69, 9.17) is 21.7 Å². The third-order valence-corrected chi connectivity index (χ3v) is 6.96. The second kappa shape index (κ2) is 12.1. The number of thiocarbonyl (C=S) groups is 1. The lowest BCUT2D eigenvalue weighted by molar-refractivity contribution is -0.137. The van der Waals surface area contributed by atoms with Gasteiger partial charge < -0.3 is 14.8 Å². The fourth-order valence-corrected chi connectivity index (χ4v) is 5.35. The number of carbonyl (C=O) groups is 2. The fraction of sp³-hybridized carbons (Fsp3) is 0.207. The molecule has 40 heavy (non-hydrogen) atoms. The second-order valence-electron chi connectivity index (χ2n) is 8.92. The number of thioether (sulfide) groups is 1. The lowest BCUT2D eigenvalue weighted by Gasteiger charge is -2.16. The molecular weight excluding hydrogens is 561 g/mol. The third kappa shape index (κ3) is 7.02. The summed E-state index contributed by atoms with van der Waals surface area (Å²) in [4.78, 5) is 26.9. The topological polar surface area (TPSA) is 67.9 Å². The van der Waals surface area contributed by atoms with Gasteiger partial charge in [-0.25, -0.2) is 0 Å². The maximum absolute atomic E-state index is 13.2. The van der Waals surface area contributed by atoms with E-state index in [0.29, 0.717) is 29.4 Å². The summed E-state index contributed by atoms with van der Waals surface area (Å²) in [6.07, 6.45) is -2.97. The summed E-state index contributed by atoms with van der Waals surface area (Å²) in [5, 5.41) is 2.81. The highest BCUT2D eigenvalue weighted by atomic mass is 32.2. The first-order valence-corrected chi connectivity index (χ1v) is 13.4. The number of carbonyl (C=O) groups excluding carboxylic acids is 2.